The molecule has 0 unspecified atom stereocenters. The van der Waals surface area contributed by atoms with Crippen molar-refractivity contribution in [2.24, 2.45) is 0 Å². The Hall–Kier alpha value is -3.36. The fourth-order valence-corrected chi connectivity index (χ4v) is 3.21. The molecule has 2 N–H and O–H groups in total. The van der Waals surface area contributed by atoms with Crippen LogP contribution in [-0.2, 0) is 11.0 Å². The van der Waals surface area contributed by atoms with E-state index in [2.05, 4.69) is 15.6 Å². The van der Waals surface area contributed by atoms with Crippen molar-refractivity contribution in [2.75, 3.05) is 13.6 Å². The van der Waals surface area contributed by atoms with Crippen LogP contribution in [0.3, 0.4) is 0 Å². The highest BCUT2D eigenvalue weighted by Crippen LogP contribution is 2.38. The number of oxazole rings is 1. The third-order valence-corrected chi connectivity index (χ3v) is 4.88. The highest BCUT2D eigenvalue weighted by atomic mass is 19.4. The fourth-order valence-electron chi connectivity index (χ4n) is 3.21. The van der Waals surface area contributed by atoms with Crippen molar-refractivity contribution in [1.82, 2.24) is 15.6 Å². The normalized spacial score (nSPS) is 12.8. The zero-order chi connectivity index (χ0) is 24.3. The summed E-state index contributed by atoms with van der Waals surface area (Å²) in [6.07, 6.45) is 3.54. The molecule has 1 aromatic heterocycles. The second-order valence-corrected chi connectivity index (χ2v) is 7.27. The Kier molecular flexibility index (Phi) is 9.90. The Morgan fingerprint density at radius 3 is 2.21 bits per heavy atom. The molecule has 0 saturated heterocycles. The molecule has 1 aliphatic rings. The molecule has 6 nitrogen and oxygen atoms in total. The van der Waals surface area contributed by atoms with Crippen LogP contribution >= 0.6 is 0 Å². The molecule has 4 rings (SSSR count). The number of carbonyl (C=O) groups excluding carboxylic acids is 2. The largest absolute Gasteiger partial charge is 0.436 e. The van der Waals surface area contributed by atoms with Gasteiger partial charge < -0.3 is 15.1 Å². The van der Waals surface area contributed by atoms with Crippen molar-refractivity contribution in [3.63, 3.8) is 0 Å². The van der Waals surface area contributed by atoms with Gasteiger partial charge >= 0.3 is 6.18 Å². The number of nitrogens with zero attached hydrogens (tertiary/aromatic N) is 1. The lowest BCUT2D eigenvalue weighted by atomic mass is 10.0. The van der Waals surface area contributed by atoms with Gasteiger partial charge in [-0.3, -0.25) is 9.59 Å². The molecule has 3 aromatic rings. The van der Waals surface area contributed by atoms with Crippen LogP contribution in [0.5, 0.6) is 0 Å². The van der Waals surface area contributed by atoms with E-state index in [0.717, 1.165) is 12.6 Å². The number of halogens is 3. The van der Waals surface area contributed by atoms with E-state index in [1.54, 1.807) is 24.3 Å². The minimum absolute atomic E-state index is 0.0836. The number of aromatic nitrogens is 1. The maximum Gasteiger partial charge on any atom is 0.417 e. The number of amides is 2. The van der Waals surface area contributed by atoms with Gasteiger partial charge in [0, 0.05) is 24.7 Å². The summed E-state index contributed by atoms with van der Waals surface area (Å²) >= 11 is 0. The highest BCUT2D eigenvalue weighted by molar-refractivity contribution is 5.95. The van der Waals surface area contributed by atoms with E-state index in [1.807, 2.05) is 6.92 Å². The van der Waals surface area contributed by atoms with Gasteiger partial charge in [-0.2, -0.15) is 13.2 Å². The number of rotatable bonds is 4. The van der Waals surface area contributed by atoms with E-state index >= 15 is 0 Å². The van der Waals surface area contributed by atoms with E-state index in [0.29, 0.717) is 17.5 Å². The molecular formula is C24H28F3N3O3. The molecule has 0 spiro atoms. The highest BCUT2D eigenvalue weighted by Gasteiger charge is 2.35. The summed E-state index contributed by atoms with van der Waals surface area (Å²) in [5.74, 6) is -0.735. The smallest absolute Gasteiger partial charge is 0.417 e. The molecule has 0 bridgehead atoms. The second-order valence-electron chi connectivity index (χ2n) is 7.27. The summed E-state index contributed by atoms with van der Waals surface area (Å²) in [6.45, 7) is 2.60. The van der Waals surface area contributed by atoms with Crippen LogP contribution in [0.1, 0.15) is 54.9 Å². The van der Waals surface area contributed by atoms with Crippen LogP contribution in [0, 0.1) is 0 Å². The van der Waals surface area contributed by atoms with Gasteiger partial charge in [0.2, 0.25) is 12.3 Å². The number of para-hydroxylation sites is 2. The van der Waals surface area contributed by atoms with Crippen molar-refractivity contribution in [2.45, 2.75) is 45.2 Å². The van der Waals surface area contributed by atoms with E-state index in [-0.39, 0.29) is 17.0 Å². The molecular weight excluding hydrogens is 435 g/mol. The molecule has 0 aliphatic heterocycles. The number of benzene rings is 2. The van der Waals surface area contributed by atoms with Gasteiger partial charge in [0.05, 0.1) is 5.56 Å². The Bertz CT molecular complexity index is 1000. The van der Waals surface area contributed by atoms with Crippen molar-refractivity contribution < 1.29 is 27.2 Å². The van der Waals surface area contributed by atoms with Crippen molar-refractivity contribution in [1.29, 1.82) is 0 Å². The van der Waals surface area contributed by atoms with E-state index in [1.165, 1.54) is 51.3 Å². The number of alkyl halides is 3. The van der Waals surface area contributed by atoms with E-state index in [9.17, 15) is 22.8 Å². The zero-order valence-electron chi connectivity index (χ0n) is 18.7. The molecule has 1 aliphatic carbocycles. The van der Waals surface area contributed by atoms with Crippen LogP contribution in [0.4, 0.5) is 13.2 Å². The lowest BCUT2D eigenvalue weighted by Gasteiger charge is -2.12. The number of nitrogens with one attached hydrogen (secondary N) is 2. The monoisotopic (exact) mass is 463 g/mol. The number of carbonyl (C=O) groups is 2. The standard InChI is InChI=1S/C16H11F3N2O2.C5H10.C3H7NO/c1-20-14(22)9-6-7-10(11(8-9)16(17,18)19)15-21-12-4-2-3-5-13(12)23-15;1-2-4-5-3-1;1-2-4-3-5/h2-8H,1H3,(H,20,22);1-5H2;3H,2H2,1H3,(H,4,5). The number of hydrogen-bond acceptors (Lipinski definition) is 4. The molecule has 1 saturated carbocycles. The first-order chi connectivity index (χ1) is 15.8. The average molecular weight is 464 g/mol. The quantitative estimate of drug-likeness (QED) is 0.495. The molecule has 2 amide bonds. The minimum Gasteiger partial charge on any atom is -0.436 e. The van der Waals surface area contributed by atoms with E-state index < -0.39 is 17.6 Å². The first kappa shape index (κ1) is 25.9. The molecule has 0 atom stereocenters. The average Bonchev–Trinajstić information content (AvgIpc) is 3.52. The Labute approximate surface area is 190 Å². The van der Waals surface area contributed by atoms with Crippen LogP contribution in [0.2, 0.25) is 0 Å². The first-order valence-electron chi connectivity index (χ1n) is 10.8. The lowest BCUT2D eigenvalue weighted by Crippen LogP contribution is -2.19. The lowest BCUT2D eigenvalue weighted by molar-refractivity contribution is -0.137. The first-order valence-corrected chi connectivity index (χ1v) is 10.8. The van der Waals surface area contributed by atoms with Crippen LogP contribution in [0.25, 0.3) is 22.6 Å². The molecule has 1 heterocycles. The second kappa shape index (κ2) is 12.6. The molecule has 178 valence electrons. The van der Waals surface area contributed by atoms with Gasteiger partial charge in [-0.25, -0.2) is 4.98 Å². The fraction of sp³-hybridized carbons (Fsp3) is 0.375. The molecule has 2 aromatic carbocycles. The Balaban J connectivity index is 0.000000320. The molecule has 9 heteroatoms. The number of hydrogen-bond donors (Lipinski definition) is 2. The van der Waals surface area contributed by atoms with Gasteiger partial charge in [0.15, 0.2) is 5.58 Å². The third kappa shape index (κ3) is 7.62. The summed E-state index contributed by atoms with van der Waals surface area (Å²) in [6, 6.07) is 9.98. The van der Waals surface area contributed by atoms with Crippen LogP contribution in [-0.4, -0.2) is 30.9 Å². The van der Waals surface area contributed by atoms with Crippen LogP contribution < -0.4 is 10.6 Å². The SMILES string of the molecule is C1CCCC1.CCNC=O.CNC(=O)c1ccc(-c2nc3ccccc3o2)c(C(F)(F)F)c1. The molecule has 1 fully saturated rings. The zero-order valence-corrected chi connectivity index (χ0v) is 18.7. The Morgan fingerprint density at radius 2 is 1.73 bits per heavy atom. The van der Waals surface area contributed by atoms with Gasteiger partial charge in [-0.05, 0) is 37.3 Å². The topological polar surface area (TPSA) is 84.2 Å². The maximum absolute atomic E-state index is 13.3. The molecule has 0 radical (unpaired) electrons. The summed E-state index contributed by atoms with van der Waals surface area (Å²) in [4.78, 5) is 24.9. The summed E-state index contributed by atoms with van der Waals surface area (Å²) in [7, 11) is 1.35. The van der Waals surface area contributed by atoms with Gasteiger partial charge in [0.1, 0.15) is 5.52 Å². The summed E-state index contributed by atoms with van der Waals surface area (Å²) < 4.78 is 45.4. The van der Waals surface area contributed by atoms with Crippen LogP contribution in [0.15, 0.2) is 46.9 Å². The minimum atomic E-state index is -4.64. The molecule has 33 heavy (non-hydrogen) atoms. The summed E-state index contributed by atoms with van der Waals surface area (Å²) in [5, 5.41) is 4.73. The van der Waals surface area contributed by atoms with Crippen molar-refractivity contribution in [3.8, 4) is 11.5 Å². The third-order valence-electron chi connectivity index (χ3n) is 4.88. The Morgan fingerprint density at radius 1 is 1.09 bits per heavy atom. The van der Waals surface area contributed by atoms with E-state index in [4.69, 9.17) is 4.42 Å². The van der Waals surface area contributed by atoms with Crippen molar-refractivity contribution in [3.05, 3.63) is 53.6 Å². The van der Waals surface area contributed by atoms with Gasteiger partial charge in [0.25, 0.3) is 5.91 Å². The maximum atomic E-state index is 13.3. The predicted molar refractivity (Wildman–Crippen MR) is 121 cm³/mol. The van der Waals surface area contributed by atoms with Gasteiger partial charge in [-0.15, -0.1) is 0 Å². The van der Waals surface area contributed by atoms with Crippen molar-refractivity contribution >= 4 is 23.4 Å². The number of fused-ring (bicyclic) bond motifs is 1. The summed E-state index contributed by atoms with van der Waals surface area (Å²) in [5.41, 5.74) is -0.400. The predicted octanol–water partition coefficient (Wildman–Crippen LogP) is 5.58. The van der Waals surface area contributed by atoms with Gasteiger partial charge in [-0.1, -0.05) is 44.2 Å².